The first kappa shape index (κ1) is 13.9. The van der Waals surface area contributed by atoms with E-state index in [2.05, 4.69) is 24.9 Å². The summed E-state index contributed by atoms with van der Waals surface area (Å²) in [7, 11) is 0. The first-order valence-electron chi connectivity index (χ1n) is 4.60. The van der Waals surface area contributed by atoms with Crippen molar-refractivity contribution >= 4 is 6.72 Å². The minimum absolute atomic E-state index is 0.0374. The van der Waals surface area contributed by atoms with Gasteiger partial charge in [-0.15, -0.1) is 6.58 Å². The van der Waals surface area contributed by atoms with Gasteiger partial charge in [-0.25, -0.2) is 0 Å². The fraction of sp³-hybridized carbons (Fsp3) is 0.545. The minimum atomic E-state index is -4.41. The topological polar surface area (TPSA) is 12.4 Å². The lowest BCUT2D eigenvalue weighted by molar-refractivity contribution is -0.0979. The van der Waals surface area contributed by atoms with E-state index in [-0.39, 0.29) is 5.92 Å². The van der Waals surface area contributed by atoms with E-state index < -0.39 is 23.7 Å². The zero-order chi connectivity index (χ0) is 12.2. The molecular formula is C11H16F3N. The van der Waals surface area contributed by atoms with E-state index in [1.807, 2.05) is 0 Å². The van der Waals surface area contributed by atoms with Gasteiger partial charge in [0.1, 0.15) is 0 Å². The number of rotatable bonds is 5. The molecule has 15 heavy (non-hydrogen) atoms. The van der Waals surface area contributed by atoms with Gasteiger partial charge in [-0.3, -0.25) is 4.99 Å². The largest absolute Gasteiger partial charge is 0.412 e. The Bertz CT molecular complexity index is 253. The third kappa shape index (κ3) is 3.53. The molecule has 2 atom stereocenters. The molecule has 0 aliphatic heterocycles. The van der Waals surface area contributed by atoms with Crippen molar-refractivity contribution in [3.63, 3.8) is 0 Å². The molecule has 86 valence electrons. The van der Waals surface area contributed by atoms with Gasteiger partial charge in [0.05, 0.1) is 6.04 Å². The summed E-state index contributed by atoms with van der Waals surface area (Å²) in [6, 6.07) is -0.531. The first-order chi connectivity index (χ1) is 6.75. The molecule has 0 aliphatic rings. The molecule has 0 aromatic rings. The SMILES string of the molecule is C=CC(C(=C)C(F)(F)F)C(N=C)C(C)C. The molecule has 0 aromatic heterocycles. The Labute approximate surface area is 88.4 Å². The Morgan fingerprint density at radius 1 is 1.33 bits per heavy atom. The maximum Gasteiger partial charge on any atom is 0.412 e. The fourth-order valence-electron chi connectivity index (χ4n) is 1.42. The van der Waals surface area contributed by atoms with E-state index in [0.29, 0.717) is 0 Å². The average molecular weight is 219 g/mol. The summed E-state index contributed by atoms with van der Waals surface area (Å²) in [5.74, 6) is -0.938. The Morgan fingerprint density at radius 3 is 2.00 bits per heavy atom. The van der Waals surface area contributed by atoms with Gasteiger partial charge in [0, 0.05) is 11.5 Å². The number of alkyl halides is 3. The van der Waals surface area contributed by atoms with Crippen LogP contribution in [0.1, 0.15) is 13.8 Å². The molecule has 2 unspecified atom stereocenters. The van der Waals surface area contributed by atoms with Crippen LogP contribution >= 0.6 is 0 Å². The second-order valence-corrected chi connectivity index (χ2v) is 3.70. The summed E-state index contributed by atoms with van der Waals surface area (Å²) < 4.78 is 37.3. The second-order valence-electron chi connectivity index (χ2n) is 3.70. The van der Waals surface area contributed by atoms with E-state index in [0.717, 1.165) is 0 Å². The van der Waals surface area contributed by atoms with Gasteiger partial charge in [-0.1, -0.05) is 26.5 Å². The predicted molar refractivity (Wildman–Crippen MR) is 57.1 cm³/mol. The molecule has 0 saturated heterocycles. The van der Waals surface area contributed by atoms with Crippen LogP contribution in [0, 0.1) is 11.8 Å². The zero-order valence-electron chi connectivity index (χ0n) is 9.01. The Morgan fingerprint density at radius 2 is 1.80 bits per heavy atom. The molecule has 0 fully saturated rings. The highest BCUT2D eigenvalue weighted by Crippen LogP contribution is 2.35. The minimum Gasteiger partial charge on any atom is -0.296 e. The van der Waals surface area contributed by atoms with Gasteiger partial charge >= 0.3 is 6.18 Å². The van der Waals surface area contributed by atoms with Crippen LogP contribution in [0.4, 0.5) is 13.2 Å². The summed E-state index contributed by atoms with van der Waals surface area (Å²) in [4.78, 5) is 3.71. The van der Waals surface area contributed by atoms with Crippen LogP contribution in [0.5, 0.6) is 0 Å². The van der Waals surface area contributed by atoms with Crippen molar-refractivity contribution in [3.8, 4) is 0 Å². The third-order valence-corrected chi connectivity index (χ3v) is 2.28. The smallest absolute Gasteiger partial charge is 0.296 e. The normalized spacial score (nSPS) is 15.9. The summed E-state index contributed by atoms with van der Waals surface area (Å²) in [5.41, 5.74) is -0.816. The second kappa shape index (κ2) is 5.14. The van der Waals surface area contributed by atoms with Gasteiger partial charge in [0.2, 0.25) is 0 Å². The number of halogens is 3. The van der Waals surface area contributed by atoms with Crippen molar-refractivity contribution in [2.45, 2.75) is 26.1 Å². The molecule has 0 heterocycles. The zero-order valence-corrected chi connectivity index (χ0v) is 9.01. The summed E-state index contributed by atoms with van der Waals surface area (Å²) in [6.45, 7) is 13.4. The molecule has 0 N–H and O–H groups in total. The van der Waals surface area contributed by atoms with Crippen molar-refractivity contribution in [1.82, 2.24) is 0 Å². The third-order valence-electron chi connectivity index (χ3n) is 2.28. The molecule has 0 aromatic carbocycles. The lowest BCUT2D eigenvalue weighted by Gasteiger charge is -2.26. The maximum absolute atomic E-state index is 12.4. The lowest BCUT2D eigenvalue weighted by atomic mass is 9.85. The van der Waals surface area contributed by atoms with Crippen molar-refractivity contribution in [2.24, 2.45) is 16.8 Å². The Balaban J connectivity index is 4.98. The fourth-order valence-corrected chi connectivity index (χ4v) is 1.42. The van der Waals surface area contributed by atoms with Crippen molar-refractivity contribution < 1.29 is 13.2 Å². The quantitative estimate of drug-likeness (QED) is 0.494. The number of nitrogens with zero attached hydrogens (tertiary/aromatic N) is 1. The molecular weight excluding hydrogens is 203 g/mol. The highest BCUT2D eigenvalue weighted by molar-refractivity contribution is 5.27. The molecule has 0 saturated carbocycles. The molecule has 0 spiro atoms. The van der Waals surface area contributed by atoms with Crippen LogP contribution in [0.2, 0.25) is 0 Å². The predicted octanol–water partition coefficient (Wildman–Crippen LogP) is 3.63. The maximum atomic E-state index is 12.4. The van der Waals surface area contributed by atoms with Gasteiger partial charge < -0.3 is 0 Å². The van der Waals surface area contributed by atoms with Crippen molar-refractivity contribution in [1.29, 1.82) is 0 Å². The number of hydrogen-bond acceptors (Lipinski definition) is 1. The van der Waals surface area contributed by atoms with Crippen LogP contribution in [0.15, 0.2) is 29.8 Å². The average Bonchev–Trinajstić information content (AvgIpc) is 2.10. The van der Waals surface area contributed by atoms with Gasteiger partial charge in [-0.05, 0) is 12.6 Å². The van der Waals surface area contributed by atoms with E-state index in [4.69, 9.17) is 0 Å². The van der Waals surface area contributed by atoms with Crippen LogP contribution in [-0.4, -0.2) is 18.9 Å². The Kier molecular flexibility index (Phi) is 4.78. The summed E-state index contributed by atoms with van der Waals surface area (Å²) in [6.07, 6.45) is -3.17. The first-order valence-corrected chi connectivity index (χ1v) is 4.60. The van der Waals surface area contributed by atoms with Crippen LogP contribution in [-0.2, 0) is 0 Å². The van der Waals surface area contributed by atoms with Gasteiger partial charge in [-0.2, -0.15) is 13.2 Å². The summed E-state index contributed by atoms with van der Waals surface area (Å²) in [5, 5.41) is 0. The standard InChI is InChI=1S/C11H16F3N/c1-6-9(8(4)11(12,13)14)10(15-5)7(2)3/h6-7,9-10H,1,4-5H2,2-3H3. The van der Waals surface area contributed by atoms with Crippen molar-refractivity contribution in [3.05, 3.63) is 24.8 Å². The molecule has 0 aliphatic carbocycles. The highest BCUT2D eigenvalue weighted by atomic mass is 19.4. The van der Waals surface area contributed by atoms with Crippen LogP contribution < -0.4 is 0 Å². The van der Waals surface area contributed by atoms with E-state index in [9.17, 15) is 13.2 Å². The molecule has 4 heteroatoms. The Hall–Kier alpha value is -1.06. The molecule has 1 nitrogen and oxygen atoms in total. The van der Waals surface area contributed by atoms with E-state index in [1.54, 1.807) is 13.8 Å². The molecule has 0 bridgehead atoms. The monoisotopic (exact) mass is 219 g/mol. The van der Waals surface area contributed by atoms with Crippen LogP contribution in [0.3, 0.4) is 0 Å². The van der Waals surface area contributed by atoms with Crippen molar-refractivity contribution in [2.75, 3.05) is 0 Å². The van der Waals surface area contributed by atoms with E-state index >= 15 is 0 Å². The molecule has 0 amide bonds. The highest BCUT2D eigenvalue weighted by Gasteiger charge is 2.39. The van der Waals surface area contributed by atoms with E-state index in [1.165, 1.54) is 6.08 Å². The van der Waals surface area contributed by atoms with Gasteiger partial charge in [0.15, 0.2) is 0 Å². The summed E-state index contributed by atoms with van der Waals surface area (Å²) >= 11 is 0. The van der Waals surface area contributed by atoms with Crippen LogP contribution in [0.25, 0.3) is 0 Å². The number of aliphatic imine (C=N–C) groups is 1. The molecule has 0 radical (unpaired) electrons. The van der Waals surface area contributed by atoms with Gasteiger partial charge in [0.25, 0.3) is 0 Å². The molecule has 0 rings (SSSR count). The number of hydrogen-bond donors (Lipinski definition) is 0. The lowest BCUT2D eigenvalue weighted by Crippen LogP contribution is -2.29.